The van der Waals surface area contributed by atoms with Crippen molar-refractivity contribution >= 4 is 41.9 Å². The van der Waals surface area contributed by atoms with Gasteiger partial charge < -0.3 is 4.74 Å². The van der Waals surface area contributed by atoms with Gasteiger partial charge >= 0.3 is 0 Å². The number of alkyl halides is 1. The summed E-state index contributed by atoms with van der Waals surface area (Å²) in [6.07, 6.45) is 8.69. The molecule has 0 aliphatic heterocycles. The molecule has 1 aliphatic carbocycles. The number of halogens is 2. The monoisotopic (exact) mass is 509 g/mol. The molecule has 0 N–H and O–H groups in total. The van der Waals surface area contributed by atoms with Crippen LogP contribution in [0.3, 0.4) is 0 Å². The minimum Gasteiger partial charge on any atom is -0.378 e. The number of hydrogen-bond donors (Lipinski definition) is 0. The zero-order chi connectivity index (χ0) is 19.0. The van der Waals surface area contributed by atoms with Crippen LogP contribution in [0.25, 0.3) is 0 Å². The Morgan fingerprint density at radius 2 is 1.65 bits per heavy atom. The van der Waals surface area contributed by atoms with Gasteiger partial charge in [0.25, 0.3) is 0 Å². The third-order valence-electron chi connectivity index (χ3n) is 5.03. The molecule has 1 aromatic rings. The fraction of sp³-hybridized carbons (Fsp3) is 0.684. The van der Waals surface area contributed by atoms with Crippen LogP contribution in [-0.4, -0.2) is 43.9 Å². The van der Waals surface area contributed by atoms with Gasteiger partial charge in [0.05, 0.1) is 11.0 Å². The third kappa shape index (κ3) is 6.59. The standard InChI is InChI=1S/C19H29Br2NO3S/c1-22(26(23,24)19-12-6-16(21)7-13-19)17-8-10-18(11-9-17)25-15-5-3-2-4-14-20/h6-7,12-13,17-18H,2-5,8-11,14-15H2,1H3/t17-,18-. The summed E-state index contributed by atoms with van der Waals surface area (Å²) >= 11 is 6.80. The predicted molar refractivity (Wildman–Crippen MR) is 113 cm³/mol. The van der Waals surface area contributed by atoms with Gasteiger partial charge in [0.1, 0.15) is 0 Å². The summed E-state index contributed by atoms with van der Waals surface area (Å²) in [5.41, 5.74) is 0. The molecular formula is C19H29Br2NO3S. The maximum absolute atomic E-state index is 12.8. The molecule has 1 aromatic carbocycles. The van der Waals surface area contributed by atoms with Gasteiger partial charge in [-0.15, -0.1) is 0 Å². The minimum atomic E-state index is -3.43. The lowest BCUT2D eigenvalue weighted by Gasteiger charge is -2.34. The SMILES string of the molecule is CN([C@H]1CC[C@H](OCCCCCCBr)CC1)S(=O)(=O)c1ccc(Br)cc1. The van der Waals surface area contributed by atoms with E-state index in [1.54, 1.807) is 35.6 Å². The van der Waals surface area contributed by atoms with Crippen molar-refractivity contribution in [2.45, 2.75) is 68.4 Å². The highest BCUT2D eigenvalue weighted by molar-refractivity contribution is 9.10. The maximum atomic E-state index is 12.8. The maximum Gasteiger partial charge on any atom is 0.243 e. The van der Waals surface area contributed by atoms with E-state index in [0.717, 1.165) is 48.5 Å². The molecule has 7 heteroatoms. The number of sulfonamides is 1. The number of rotatable bonds is 10. The molecule has 0 saturated heterocycles. The normalized spacial score (nSPS) is 21.2. The van der Waals surface area contributed by atoms with Crippen molar-refractivity contribution in [1.82, 2.24) is 4.31 Å². The van der Waals surface area contributed by atoms with Crippen LogP contribution < -0.4 is 0 Å². The Morgan fingerprint density at radius 3 is 2.27 bits per heavy atom. The fourth-order valence-electron chi connectivity index (χ4n) is 3.34. The zero-order valence-corrected chi connectivity index (χ0v) is 19.4. The number of nitrogens with zero attached hydrogens (tertiary/aromatic N) is 1. The van der Waals surface area contributed by atoms with Crippen molar-refractivity contribution in [2.24, 2.45) is 0 Å². The van der Waals surface area contributed by atoms with Crippen molar-refractivity contribution in [3.63, 3.8) is 0 Å². The second-order valence-electron chi connectivity index (χ2n) is 6.88. The lowest BCUT2D eigenvalue weighted by atomic mass is 9.93. The second kappa shape index (κ2) is 11.1. The second-order valence-corrected chi connectivity index (χ2v) is 10.6. The molecule has 0 spiro atoms. The Hall–Kier alpha value is 0.0500. The van der Waals surface area contributed by atoms with E-state index in [-0.39, 0.29) is 12.1 Å². The average molecular weight is 511 g/mol. The number of ether oxygens (including phenoxy) is 1. The lowest BCUT2D eigenvalue weighted by Crippen LogP contribution is -2.40. The topological polar surface area (TPSA) is 46.6 Å². The first-order valence-corrected chi connectivity index (χ1v) is 12.7. The van der Waals surface area contributed by atoms with Crippen LogP contribution in [0, 0.1) is 0 Å². The Labute approximate surface area is 175 Å². The van der Waals surface area contributed by atoms with E-state index in [1.807, 2.05) is 0 Å². The quantitative estimate of drug-likeness (QED) is 0.314. The van der Waals surface area contributed by atoms with Crippen LogP contribution in [0.4, 0.5) is 0 Å². The molecule has 4 nitrogen and oxygen atoms in total. The first-order chi connectivity index (χ1) is 12.4. The number of unbranched alkanes of at least 4 members (excludes halogenated alkanes) is 3. The number of benzene rings is 1. The van der Waals surface area contributed by atoms with Crippen molar-refractivity contribution in [1.29, 1.82) is 0 Å². The largest absolute Gasteiger partial charge is 0.378 e. The molecule has 2 rings (SSSR count). The molecule has 148 valence electrons. The summed E-state index contributed by atoms with van der Waals surface area (Å²) < 4.78 is 34.0. The Morgan fingerprint density at radius 1 is 1.04 bits per heavy atom. The smallest absolute Gasteiger partial charge is 0.243 e. The molecule has 0 heterocycles. The van der Waals surface area contributed by atoms with Gasteiger partial charge in [-0.3, -0.25) is 0 Å². The van der Waals surface area contributed by atoms with Crippen LogP contribution in [0.2, 0.25) is 0 Å². The molecule has 0 radical (unpaired) electrons. The molecule has 1 aliphatic rings. The predicted octanol–water partition coefficient (Wildman–Crippen LogP) is 5.35. The van der Waals surface area contributed by atoms with Crippen molar-refractivity contribution in [3.05, 3.63) is 28.7 Å². The van der Waals surface area contributed by atoms with Gasteiger partial charge in [0.2, 0.25) is 10.0 Å². The summed E-state index contributed by atoms with van der Waals surface area (Å²) in [6.45, 7) is 0.824. The Balaban J connectivity index is 1.77. The van der Waals surface area contributed by atoms with E-state index in [4.69, 9.17) is 4.74 Å². The molecule has 0 aromatic heterocycles. The summed E-state index contributed by atoms with van der Waals surface area (Å²) in [6, 6.07) is 6.90. The molecule has 0 bridgehead atoms. The summed E-state index contributed by atoms with van der Waals surface area (Å²) in [5.74, 6) is 0. The van der Waals surface area contributed by atoms with Gasteiger partial charge in [0, 0.05) is 29.5 Å². The van der Waals surface area contributed by atoms with Crippen LogP contribution >= 0.6 is 31.9 Å². The van der Waals surface area contributed by atoms with Crippen LogP contribution in [-0.2, 0) is 14.8 Å². The molecular weight excluding hydrogens is 482 g/mol. The lowest BCUT2D eigenvalue weighted by molar-refractivity contribution is 0.0157. The van der Waals surface area contributed by atoms with Crippen LogP contribution in [0.15, 0.2) is 33.6 Å². The van der Waals surface area contributed by atoms with E-state index in [1.165, 1.54) is 19.3 Å². The molecule has 1 fully saturated rings. The molecule has 1 saturated carbocycles. The first kappa shape index (κ1) is 22.3. The molecule has 0 atom stereocenters. The van der Waals surface area contributed by atoms with Gasteiger partial charge in [-0.25, -0.2) is 8.42 Å². The highest BCUT2D eigenvalue weighted by atomic mass is 79.9. The number of hydrogen-bond acceptors (Lipinski definition) is 3. The minimum absolute atomic E-state index is 0.0578. The summed E-state index contributed by atoms with van der Waals surface area (Å²) in [4.78, 5) is 0.352. The van der Waals surface area contributed by atoms with Crippen molar-refractivity contribution in [3.8, 4) is 0 Å². The molecule has 0 unspecified atom stereocenters. The highest BCUT2D eigenvalue weighted by Gasteiger charge is 2.31. The van der Waals surface area contributed by atoms with E-state index < -0.39 is 10.0 Å². The summed E-state index contributed by atoms with van der Waals surface area (Å²) in [5, 5.41) is 1.08. The van der Waals surface area contributed by atoms with Crippen LogP contribution in [0.5, 0.6) is 0 Å². The Bertz CT molecular complexity index is 629. The van der Waals surface area contributed by atoms with Gasteiger partial charge in [-0.05, 0) is 62.8 Å². The van der Waals surface area contributed by atoms with Crippen LogP contribution in [0.1, 0.15) is 51.4 Å². The van der Waals surface area contributed by atoms with E-state index in [0.29, 0.717) is 4.90 Å². The van der Waals surface area contributed by atoms with Gasteiger partial charge in [-0.1, -0.05) is 44.7 Å². The Kier molecular flexibility index (Phi) is 9.58. The summed E-state index contributed by atoms with van der Waals surface area (Å²) in [7, 11) is -1.73. The van der Waals surface area contributed by atoms with Gasteiger partial charge in [-0.2, -0.15) is 4.31 Å². The van der Waals surface area contributed by atoms with Crippen molar-refractivity contribution < 1.29 is 13.2 Å². The average Bonchev–Trinajstić information content (AvgIpc) is 2.65. The van der Waals surface area contributed by atoms with Crippen molar-refractivity contribution in [2.75, 3.05) is 19.0 Å². The third-order valence-corrected chi connectivity index (χ3v) is 8.04. The fourth-order valence-corrected chi connectivity index (χ4v) is 5.42. The van der Waals surface area contributed by atoms with Gasteiger partial charge in [0.15, 0.2) is 0 Å². The van der Waals surface area contributed by atoms with E-state index >= 15 is 0 Å². The molecule has 0 amide bonds. The highest BCUT2D eigenvalue weighted by Crippen LogP contribution is 2.28. The first-order valence-electron chi connectivity index (χ1n) is 9.36. The van der Waals surface area contributed by atoms with E-state index in [2.05, 4.69) is 31.9 Å². The molecule has 26 heavy (non-hydrogen) atoms. The van der Waals surface area contributed by atoms with E-state index in [9.17, 15) is 8.42 Å². The zero-order valence-electron chi connectivity index (χ0n) is 15.4.